The van der Waals surface area contributed by atoms with Gasteiger partial charge in [-0.15, -0.1) is 11.3 Å². The Balaban J connectivity index is 1.49. The van der Waals surface area contributed by atoms with E-state index in [-0.39, 0.29) is 29.7 Å². The molecule has 5 rings (SSSR count). The Hall–Kier alpha value is -3.11. The molecule has 0 saturated carbocycles. The van der Waals surface area contributed by atoms with Gasteiger partial charge in [0.2, 0.25) is 15.9 Å². The first kappa shape index (κ1) is 26.5. The smallest absolute Gasteiger partial charge is 0.244 e. The lowest BCUT2D eigenvalue weighted by atomic mass is 9.93. The summed E-state index contributed by atoms with van der Waals surface area (Å²) in [6.45, 7) is 0.668. The van der Waals surface area contributed by atoms with E-state index in [1.165, 1.54) is 21.3 Å². The van der Waals surface area contributed by atoms with E-state index >= 15 is 0 Å². The van der Waals surface area contributed by atoms with Gasteiger partial charge in [0, 0.05) is 37.1 Å². The lowest BCUT2D eigenvalue weighted by Crippen LogP contribution is -2.47. The zero-order valence-electron chi connectivity index (χ0n) is 21.0. The number of thiophene rings is 1. The van der Waals surface area contributed by atoms with Gasteiger partial charge in [-0.1, -0.05) is 48.5 Å². The summed E-state index contributed by atoms with van der Waals surface area (Å²) in [6.07, 6.45) is 1.14. The third kappa shape index (κ3) is 5.24. The summed E-state index contributed by atoms with van der Waals surface area (Å²) in [5, 5.41) is 3.43. The highest BCUT2D eigenvalue weighted by atomic mass is 32.2. The van der Waals surface area contributed by atoms with Crippen LogP contribution in [-0.2, 0) is 26.0 Å². The molecular formula is C29H29FN2O4S2. The van der Waals surface area contributed by atoms with E-state index in [4.69, 9.17) is 4.74 Å². The van der Waals surface area contributed by atoms with Crippen LogP contribution in [0, 0.1) is 5.82 Å². The largest absolute Gasteiger partial charge is 0.385 e. The zero-order valence-corrected chi connectivity index (χ0v) is 22.7. The monoisotopic (exact) mass is 552 g/mol. The van der Waals surface area contributed by atoms with E-state index in [2.05, 4.69) is 0 Å². The van der Waals surface area contributed by atoms with Crippen molar-refractivity contribution in [2.75, 3.05) is 33.4 Å². The summed E-state index contributed by atoms with van der Waals surface area (Å²) >= 11 is 1.64. The van der Waals surface area contributed by atoms with Crippen molar-refractivity contribution in [2.45, 2.75) is 23.8 Å². The van der Waals surface area contributed by atoms with Crippen molar-refractivity contribution >= 4 is 38.0 Å². The number of nitrogens with zero attached hydrogens (tertiary/aromatic N) is 2. The lowest BCUT2D eigenvalue weighted by Gasteiger charge is -2.37. The van der Waals surface area contributed by atoms with Crippen molar-refractivity contribution in [3.63, 3.8) is 0 Å². The molecule has 0 aliphatic carbocycles. The third-order valence-electron chi connectivity index (χ3n) is 6.91. The van der Waals surface area contributed by atoms with E-state index in [1.807, 2.05) is 29.6 Å². The van der Waals surface area contributed by atoms with Gasteiger partial charge in [0.15, 0.2) is 0 Å². The van der Waals surface area contributed by atoms with E-state index < -0.39 is 16.1 Å². The molecule has 4 aromatic rings. The van der Waals surface area contributed by atoms with Gasteiger partial charge in [0.25, 0.3) is 0 Å². The van der Waals surface area contributed by atoms with E-state index in [9.17, 15) is 17.6 Å². The van der Waals surface area contributed by atoms with Crippen molar-refractivity contribution in [3.05, 3.63) is 100.0 Å². The quantitative estimate of drug-likeness (QED) is 0.266. The fraction of sp³-hybridized carbons (Fsp3) is 0.276. The minimum absolute atomic E-state index is 0.143. The Morgan fingerprint density at radius 3 is 2.63 bits per heavy atom. The zero-order chi connectivity index (χ0) is 26.7. The Morgan fingerprint density at radius 2 is 1.84 bits per heavy atom. The minimum Gasteiger partial charge on any atom is -0.385 e. The van der Waals surface area contributed by atoms with Crippen LogP contribution < -0.4 is 0 Å². The second-order valence-electron chi connectivity index (χ2n) is 9.25. The van der Waals surface area contributed by atoms with Crippen LogP contribution in [0.3, 0.4) is 0 Å². The molecule has 0 saturated heterocycles. The number of hydrogen-bond donors (Lipinski definition) is 0. The number of sulfonamides is 1. The number of halogens is 1. The second kappa shape index (κ2) is 11.3. The van der Waals surface area contributed by atoms with Gasteiger partial charge in [-0.05, 0) is 59.0 Å². The molecule has 0 bridgehead atoms. The molecule has 1 aliphatic rings. The Labute approximate surface area is 226 Å². The molecule has 6 nitrogen and oxygen atoms in total. The first-order chi connectivity index (χ1) is 18.4. The third-order valence-corrected chi connectivity index (χ3v) is 9.81. The maximum Gasteiger partial charge on any atom is 0.244 e. The van der Waals surface area contributed by atoms with Gasteiger partial charge in [0.05, 0.1) is 17.5 Å². The standard InChI is InChI=1S/C29H29FN2O4S2/c1-36-18-5-16-31(38(34,35)27-9-4-7-21-6-2-3-8-24(21)27)20-28(33)32-17-14-26-25(15-19-37-26)29(32)22-10-12-23(30)13-11-22/h2-4,6-13,15,19,29H,5,14,16-18,20H2,1H3. The van der Waals surface area contributed by atoms with Crippen LogP contribution in [0.15, 0.2) is 83.1 Å². The summed E-state index contributed by atoms with van der Waals surface area (Å²) in [5.74, 6) is -0.643. The highest BCUT2D eigenvalue weighted by molar-refractivity contribution is 7.89. The van der Waals surface area contributed by atoms with Crippen LogP contribution in [-0.4, -0.2) is 56.9 Å². The van der Waals surface area contributed by atoms with E-state index in [0.29, 0.717) is 31.4 Å². The number of fused-ring (bicyclic) bond motifs is 2. The maximum atomic E-state index is 14.0. The average Bonchev–Trinajstić information content (AvgIpc) is 3.41. The summed E-state index contributed by atoms with van der Waals surface area (Å²) < 4.78 is 48.1. The van der Waals surface area contributed by atoms with Crippen LogP contribution in [0.2, 0.25) is 0 Å². The molecule has 2 heterocycles. The van der Waals surface area contributed by atoms with E-state index in [0.717, 1.165) is 16.5 Å². The summed E-state index contributed by atoms with van der Waals surface area (Å²) in [5.41, 5.74) is 1.80. The number of carbonyl (C=O) groups excluding carboxylic acids is 1. The van der Waals surface area contributed by atoms with Gasteiger partial charge in [-0.2, -0.15) is 4.31 Å². The maximum absolute atomic E-state index is 14.0. The minimum atomic E-state index is -4.00. The summed E-state index contributed by atoms with van der Waals surface area (Å²) in [6, 6.07) is 20.3. The molecule has 1 aliphatic heterocycles. The van der Waals surface area contributed by atoms with Gasteiger partial charge < -0.3 is 9.64 Å². The first-order valence-electron chi connectivity index (χ1n) is 12.5. The van der Waals surface area contributed by atoms with Crippen LogP contribution in [0.1, 0.15) is 28.5 Å². The molecule has 3 aromatic carbocycles. The fourth-order valence-electron chi connectivity index (χ4n) is 5.06. The highest BCUT2D eigenvalue weighted by Crippen LogP contribution is 2.38. The molecule has 198 valence electrons. The van der Waals surface area contributed by atoms with Crippen molar-refractivity contribution in [2.24, 2.45) is 0 Å². The molecule has 1 unspecified atom stereocenters. The highest BCUT2D eigenvalue weighted by Gasteiger charge is 2.36. The molecular weight excluding hydrogens is 523 g/mol. The predicted molar refractivity (Wildman–Crippen MR) is 147 cm³/mol. The average molecular weight is 553 g/mol. The summed E-state index contributed by atoms with van der Waals surface area (Å²) in [4.78, 5) is 17.0. The second-order valence-corrected chi connectivity index (χ2v) is 12.2. The number of hydrogen-bond acceptors (Lipinski definition) is 5. The molecule has 9 heteroatoms. The van der Waals surface area contributed by atoms with Crippen LogP contribution >= 0.6 is 11.3 Å². The number of rotatable bonds is 9. The van der Waals surface area contributed by atoms with Crippen LogP contribution in [0.25, 0.3) is 10.8 Å². The van der Waals surface area contributed by atoms with Gasteiger partial charge in [0.1, 0.15) is 5.82 Å². The topological polar surface area (TPSA) is 66.9 Å². The van der Waals surface area contributed by atoms with Gasteiger partial charge in [-0.3, -0.25) is 4.79 Å². The number of amides is 1. The molecule has 1 aromatic heterocycles. The Morgan fingerprint density at radius 1 is 1.08 bits per heavy atom. The number of methoxy groups -OCH3 is 1. The fourth-order valence-corrected chi connectivity index (χ4v) is 7.61. The van der Waals surface area contributed by atoms with Gasteiger partial charge >= 0.3 is 0 Å². The van der Waals surface area contributed by atoms with E-state index in [1.54, 1.807) is 59.7 Å². The molecule has 0 radical (unpaired) electrons. The van der Waals surface area contributed by atoms with Crippen molar-refractivity contribution in [1.29, 1.82) is 0 Å². The Bertz CT molecular complexity index is 1530. The van der Waals surface area contributed by atoms with Gasteiger partial charge in [-0.25, -0.2) is 12.8 Å². The molecule has 0 spiro atoms. The molecule has 1 amide bonds. The Kier molecular flexibility index (Phi) is 7.90. The number of ether oxygens (including phenoxy) is 1. The molecule has 38 heavy (non-hydrogen) atoms. The lowest BCUT2D eigenvalue weighted by molar-refractivity contribution is -0.133. The number of benzene rings is 3. The van der Waals surface area contributed by atoms with Crippen LogP contribution in [0.4, 0.5) is 4.39 Å². The summed E-state index contributed by atoms with van der Waals surface area (Å²) in [7, 11) is -2.43. The molecule has 0 N–H and O–H groups in total. The van der Waals surface area contributed by atoms with Crippen molar-refractivity contribution in [3.8, 4) is 0 Å². The number of carbonyl (C=O) groups is 1. The SMILES string of the molecule is COCCCN(CC(=O)N1CCc2sccc2C1c1ccc(F)cc1)S(=O)(=O)c1cccc2ccccc12. The molecule has 1 atom stereocenters. The first-order valence-corrected chi connectivity index (χ1v) is 14.8. The van der Waals surface area contributed by atoms with Crippen molar-refractivity contribution < 1.29 is 22.3 Å². The molecule has 0 fully saturated rings. The van der Waals surface area contributed by atoms with Crippen molar-refractivity contribution in [1.82, 2.24) is 9.21 Å². The van der Waals surface area contributed by atoms with Crippen LogP contribution in [0.5, 0.6) is 0 Å². The predicted octanol–water partition coefficient (Wildman–Crippen LogP) is 5.24. The normalized spacial score (nSPS) is 15.7.